The largest absolute Gasteiger partial charge is 0.461 e. The van der Waals surface area contributed by atoms with E-state index in [0.717, 1.165) is 11.8 Å². The standard InChI is InChI=1S/C13H11N5O3S/c1-2-17-11(10-6-4-8-21-10)15-16-13(17)22-12-9(18(19)20)5-3-7-14-12/h3-8H,2H2,1H3. The number of hydrogen-bond acceptors (Lipinski definition) is 7. The van der Waals surface area contributed by atoms with Crippen molar-refractivity contribution in [3.05, 3.63) is 46.8 Å². The van der Waals surface area contributed by atoms with Crippen LogP contribution in [-0.2, 0) is 6.54 Å². The zero-order valence-electron chi connectivity index (χ0n) is 11.5. The normalized spacial score (nSPS) is 10.8. The molecule has 22 heavy (non-hydrogen) atoms. The van der Waals surface area contributed by atoms with Crippen LogP contribution < -0.4 is 0 Å². The monoisotopic (exact) mass is 317 g/mol. The summed E-state index contributed by atoms with van der Waals surface area (Å²) in [6.45, 7) is 2.54. The summed E-state index contributed by atoms with van der Waals surface area (Å²) in [7, 11) is 0. The lowest BCUT2D eigenvalue weighted by molar-refractivity contribution is -0.388. The second kappa shape index (κ2) is 5.98. The van der Waals surface area contributed by atoms with Gasteiger partial charge in [-0.25, -0.2) is 4.98 Å². The van der Waals surface area contributed by atoms with E-state index in [1.54, 1.807) is 18.4 Å². The Morgan fingerprint density at radius 3 is 2.91 bits per heavy atom. The van der Waals surface area contributed by atoms with Crippen molar-refractivity contribution in [2.75, 3.05) is 0 Å². The van der Waals surface area contributed by atoms with Crippen molar-refractivity contribution in [3.63, 3.8) is 0 Å². The molecule has 9 heteroatoms. The molecule has 3 heterocycles. The third-order valence-electron chi connectivity index (χ3n) is 2.91. The number of nitro groups is 1. The van der Waals surface area contributed by atoms with Gasteiger partial charge in [0, 0.05) is 18.8 Å². The molecule has 0 aliphatic rings. The highest BCUT2D eigenvalue weighted by Crippen LogP contribution is 2.33. The minimum atomic E-state index is -0.463. The number of pyridine rings is 1. The van der Waals surface area contributed by atoms with Crippen molar-refractivity contribution in [2.45, 2.75) is 23.7 Å². The molecular formula is C13H11N5O3S. The molecule has 8 nitrogen and oxygen atoms in total. The Hall–Kier alpha value is -2.68. The average molecular weight is 317 g/mol. The highest BCUT2D eigenvalue weighted by atomic mass is 32.2. The van der Waals surface area contributed by atoms with Crippen molar-refractivity contribution >= 4 is 17.4 Å². The first-order valence-electron chi connectivity index (χ1n) is 6.45. The first kappa shape index (κ1) is 14.3. The van der Waals surface area contributed by atoms with Crippen LogP contribution >= 0.6 is 11.8 Å². The van der Waals surface area contributed by atoms with Gasteiger partial charge in [-0.2, -0.15) is 0 Å². The minimum absolute atomic E-state index is 0.0577. The summed E-state index contributed by atoms with van der Waals surface area (Å²) < 4.78 is 7.15. The first-order chi connectivity index (χ1) is 10.7. The number of furan rings is 1. The minimum Gasteiger partial charge on any atom is -0.461 e. The second-order valence-corrected chi connectivity index (χ2v) is 5.17. The van der Waals surface area contributed by atoms with Gasteiger partial charge in [-0.1, -0.05) is 0 Å². The fourth-order valence-corrected chi connectivity index (χ4v) is 2.86. The SMILES string of the molecule is CCn1c(Sc2ncccc2[N+](=O)[O-])nnc1-c1ccco1. The molecule has 0 bridgehead atoms. The van der Waals surface area contributed by atoms with Crippen LogP contribution in [0.3, 0.4) is 0 Å². The predicted octanol–water partition coefficient (Wildman–Crippen LogP) is 3.01. The van der Waals surface area contributed by atoms with Crippen LogP contribution in [0, 0.1) is 10.1 Å². The van der Waals surface area contributed by atoms with E-state index in [1.165, 1.54) is 18.3 Å². The van der Waals surface area contributed by atoms with E-state index in [0.29, 0.717) is 23.3 Å². The van der Waals surface area contributed by atoms with Crippen molar-refractivity contribution in [1.29, 1.82) is 0 Å². The molecule has 0 amide bonds. The van der Waals surface area contributed by atoms with Crippen LogP contribution in [0.1, 0.15) is 6.92 Å². The first-order valence-corrected chi connectivity index (χ1v) is 7.26. The molecule has 0 atom stereocenters. The van der Waals surface area contributed by atoms with E-state index in [9.17, 15) is 10.1 Å². The third kappa shape index (κ3) is 2.58. The predicted molar refractivity (Wildman–Crippen MR) is 78.4 cm³/mol. The zero-order valence-corrected chi connectivity index (χ0v) is 12.4. The molecule has 0 saturated heterocycles. The maximum Gasteiger partial charge on any atom is 0.301 e. The lowest BCUT2D eigenvalue weighted by Crippen LogP contribution is -2.00. The number of rotatable bonds is 5. The van der Waals surface area contributed by atoms with Gasteiger partial charge >= 0.3 is 5.69 Å². The summed E-state index contributed by atoms with van der Waals surface area (Å²) in [5.74, 6) is 1.17. The van der Waals surface area contributed by atoms with E-state index in [4.69, 9.17) is 4.42 Å². The fourth-order valence-electron chi connectivity index (χ4n) is 1.92. The van der Waals surface area contributed by atoms with Crippen molar-refractivity contribution in [1.82, 2.24) is 19.7 Å². The van der Waals surface area contributed by atoms with Crippen molar-refractivity contribution in [2.24, 2.45) is 0 Å². The van der Waals surface area contributed by atoms with Crippen LogP contribution in [-0.4, -0.2) is 24.7 Å². The lowest BCUT2D eigenvalue weighted by atomic mass is 10.4. The maximum absolute atomic E-state index is 11.1. The Morgan fingerprint density at radius 2 is 2.23 bits per heavy atom. The van der Waals surface area contributed by atoms with Gasteiger partial charge in [0.05, 0.1) is 11.2 Å². The van der Waals surface area contributed by atoms with Crippen LogP contribution in [0.15, 0.2) is 51.3 Å². The Labute approximate surface area is 129 Å². The smallest absolute Gasteiger partial charge is 0.301 e. The van der Waals surface area contributed by atoms with E-state index < -0.39 is 4.92 Å². The van der Waals surface area contributed by atoms with E-state index in [2.05, 4.69) is 15.2 Å². The summed E-state index contributed by atoms with van der Waals surface area (Å²) in [6, 6.07) is 6.49. The van der Waals surface area contributed by atoms with Gasteiger partial charge in [0.2, 0.25) is 0 Å². The van der Waals surface area contributed by atoms with Gasteiger partial charge in [-0.15, -0.1) is 10.2 Å². The molecule has 3 aromatic rings. The molecular weight excluding hydrogens is 306 g/mol. The topological polar surface area (TPSA) is 99.9 Å². The van der Waals surface area contributed by atoms with E-state index >= 15 is 0 Å². The molecule has 0 saturated carbocycles. The highest BCUT2D eigenvalue weighted by Gasteiger charge is 2.21. The summed E-state index contributed by atoms with van der Waals surface area (Å²) in [4.78, 5) is 14.6. The molecule has 0 aromatic carbocycles. The average Bonchev–Trinajstić information content (AvgIpc) is 3.16. The van der Waals surface area contributed by atoms with Crippen molar-refractivity contribution in [3.8, 4) is 11.6 Å². The van der Waals surface area contributed by atoms with Gasteiger partial charge in [0.1, 0.15) is 0 Å². The molecule has 0 N–H and O–H groups in total. The fraction of sp³-hybridized carbons (Fsp3) is 0.154. The van der Waals surface area contributed by atoms with Gasteiger partial charge in [0.15, 0.2) is 21.8 Å². The lowest BCUT2D eigenvalue weighted by Gasteiger charge is -2.05. The van der Waals surface area contributed by atoms with Gasteiger partial charge < -0.3 is 4.42 Å². The zero-order chi connectivity index (χ0) is 15.5. The van der Waals surface area contributed by atoms with Crippen LogP contribution in [0.2, 0.25) is 0 Å². The van der Waals surface area contributed by atoms with Crippen LogP contribution in [0.5, 0.6) is 0 Å². The quantitative estimate of drug-likeness (QED) is 0.526. The number of hydrogen-bond donors (Lipinski definition) is 0. The number of aromatic nitrogens is 4. The Kier molecular flexibility index (Phi) is 3.88. The number of nitrogens with zero attached hydrogens (tertiary/aromatic N) is 5. The summed E-state index contributed by atoms with van der Waals surface area (Å²) in [6.07, 6.45) is 3.07. The van der Waals surface area contributed by atoms with Gasteiger partial charge in [0.25, 0.3) is 0 Å². The molecule has 112 valence electrons. The van der Waals surface area contributed by atoms with E-state index in [1.807, 2.05) is 11.5 Å². The maximum atomic E-state index is 11.1. The highest BCUT2D eigenvalue weighted by molar-refractivity contribution is 7.99. The summed E-state index contributed by atoms with van der Waals surface area (Å²) in [5.41, 5.74) is -0.0577. The molecule has 0 radical (unpaired) electrons. The summed E-state index contributed by atoms with van der Waals surface area (Å²) in [5, 5.41) is 20.0. The Morgan fingerprint density at radius 1 is 1.36 bits per heavy atom. The molecule has 0 unspecified atom stereocenters. The molecule has 0 aliphatic carbocycles. The second-order valence-electron chi connectivity index (χ2n) is 4.21. The molecule has 0 spiro atoms. The summed E-state index contributed by atoms with van der Waals surface area (Å²) >= 11 is 1.11. The van der Waals surface area contributed by atoms with Gasteiger partial charge in [-0.3, -0.25) is 14.7 Å². The molecule has 0 aliphatic heterocycles. The van der Waals surface area contributed by atoms with E-state index in [-0.39, 0.29) is 10.7 Å². The Bertz CT molecular complexity index is 800. The molecule has 3 rings (SSSR count). The van der Waals surface area contributed by atoms with Crippen LogP contribution in [0.25, 0.3) is 11.6 Å². The van der Waals surface area contributed by atoms with Gasteiger partial charge in [-0.05, 0) is 36.9 Å². The van der Waals surface area contributed by atoms with Crippen LogP contribution in [0.4, 0.5) is 5.69 Å². The van der Waals surface area contributed by atoms with Crippen molar-refractivity contribution < 1.29 is 9.34 Å². The third-order valence-corrected chi connectivity index (χ3v) is 3.90. The Balaban J connectivity index is 1.99. The molecule has 0 fully saturated rings. The molecule has 3 aromatic heterocycles.